The number of hydrogen-bond acceptors (Lipinski definition) is 4. The van der Waals surface area contributed by atoms with Gasteiger partial charge in [-0.15, -0.1) is 0 Å². The fourth-order valence-corrected chi connectivity index (χ4v) is 4.33. The summed E-state index contributed by atoms with van der Waals surface area (Å²) >= 11 is 0. The first-order valence-electron chi connectivity index (χ1n) is 10.3. The Morgan fingerprint density at radius 2 is 1.96 bits per heavy atom. The second kappa shape index (κ2) is 8.51. The summed E-state index contributed by atoms with van der Waals surface area (Å²) in [7, 11) is 3.65. The number of methoxy groups -OCH3 is 1. The standard InChI is InChI=1S/C22H34N2O3/c1-5-17(2)27-21-18(7-6-8-19(21)26-4)15-24-13-11-22(12-14-24)10-9-20(25)23(3)16-22/h6-8,17H,5,9-16H2,1-4H3. The molecule has 0 aliphatic carbocycles. The first kappa shape index (κ1) is 20.0. The first-order chi connectivity index (χ1) is 13.0. The summed E-state index contributed by atoms with van der Waals surface area (Å²) in [6.45, 7) is 8.18. The Bertz CT molecular complexity index is 653. The molecule has 150 valence electrons. The Hall–Kier alpha value is -1.75. The average molecular weight is 375 g/mol. The molecule has 27 heavy (non-hydrogen) atoms. The van der Waals surface area contributed by atoms with Gasteiger partial charge in [-0.05, 0) is 57.2 Å². The van der Waals surface area contributed by atoms with Crippen LogP contribution < -0.4 is 9.47 Å². The van der Waals surface area contributed by atoms with Gasteiger partial charge in [0.25, 0.3) is 0 Å². The lowest BCUT2D eigenvalue weighted by Gasteiger charge is -2.46. The Morgan fingerprint density at radius 1 is 1.22 bits per heavy atom. The molecule has 2 aliphatic heterocycles. The summed E-state index contributed by atoms with van der Waals surface area (Å²) in [6.07, 6.45) is 5.22. The number of para-hydroxylation sites is 1. The van der Waals surface area contributed by atoms with Gasteiger partial charge in [0.05, 0.1) is 13.2 Å². The molecule has 0 saturated carbocycles. The SMILES string of the molecule is CCC(C)Oc1c(CN2CCC3(CCC(=O)N(C)C3)CC2)cccc1OC. The van der Waals surface area contributed by atoms with Crippen LogP contribution in [0.4, 0.5) is 0 Å². The molecule has 5 nitrogen and oxygen atoms in total. The lowest BCUT2D eigenvalue weighted by molar-refractivity contribution is -0.137. The molecule has 2 saturated heterocycles. The van der Waals surface area contributed by atoms with Crippen LogP contribution in [0.25, 0.3) is 0 Å². The van der Waals surface area contributed by atoms with Gasteiger partial charge in [0.2, 0.25) is 5.91 Å². The number of nitrogens with zero attached hydrogens (tertiary/aromatic N) is 2. The van der Waals surface area contributed by atoms with E-state index in [0.29, 0.717) is 17.7 Å². The fraction of sp³-hybridized carbons (Fsp3) is 0.682. The van der Waals surface area contributed by atoms with Crippen LogP contribution in [-0.2, 0) is 11.3 Å². The van der Waals surface area contributed by atoms with Crippen molar-refractivity contribution in [3.8, 4) is 11.5 Å². The Morgan fingerprint density at radius 3 is 2.59 bits per heavy atom. The van der Waals surface area contributed by atoms with Crippen LogP contribution in [0.15, 0.2) is 18.2 Å². The molecule has 0 bridgehead atoms. The number of carbonyl (C=O) groups is 1. The van der Waals surface area contributed by atoms with Crippen LogP contribution in [0.5, 0.6) is 11.5 Å². The van der Waals surface area contributed by atoms with Gasteiger partial charge in [0.1, 0.15) is 0 Å². The summed E-state index contributed by atoms with van der Waals surface area (Å²) in [5.41, 5.74) is 1.52. The van der Waals surface area contributed by atoms with Crippen molar-refractivity contribution in [2.24, 2.45) is 5.41 Å². The van der Waals surface area contributed by atoms with E-state index in [0.717, 1.165) is 63.4 Å². The number of amides is 1. The molecule has 1 spiro atoms. The van der Waals surface area contributed by atoms with E-state index in [9.17, 15) is 4.79 Å². The highest BCUT2D eigenvalue weighted by Crippen LogP contribution is 2.41. The van der Waals surface area contributed by atoms with Crippen molar-refractivity contribution >= 4 is 5.91 Å². The number of ether oxygens (including phenoxy) is 2. The normalized spacial score (nSPS) is 21.3. The van der Waals surface area contributed by atoms with E-state index in [1.165, 1.54) is 5.56 Å². The lowest BCUT2D eigenvalue weighted by Crippen LogP contribution is -2.50. The van der Waals surface area contributed by atoms with Crippen molar-refractivity contribution < 1.29 is 14.3 Å². The van der Waals surface area contributed by atoms with Gasteiger partial charge in [-0.25, -0.2) is 0 Å². The zero-order valence-electron chi connectivity index (χ0n) is 17.3. The van der Waals surface area contributed by atoms with Crippen molar-refractivity contribution in [1.29, 1.82) is 0 Å². The largest absolute Gasteiger partial charge is 0.493 e. The monoisotopic (exact) mass is 374 g/mol. The molecule has 1 unspecified atom stereocenters. The third kappa shape index (κ3) is 4.57. The van der Waals surface area contributed by atoms with E-state index in [1.807, 2.05) is 24.1 Å². The van der Waals surface area contributed by atoms with Crippen LogP contribution in [0.3, 0.4) is 0 Å². The molecule has 0 N–H and O–H groups in total. The molecule has 1 amide bonds. The predicted octanol–water partition coefficient (Wildman–Crippen LogP) is 3.71. The van der Waals surface area contributed by atoms with Crippen molar-refractivity contribution in [2.75, 3.05) is 33.8 Å². The fourth-order valence-electron chi connectivity index (χ4n) is 4.33. The number of likely N-dealkylation sites (tertiary alicyclic amines) is 2. The molecule has 1 aromatic carbocycles. The highest BCUT2D eigenvalue weighted by atomic mass is 16.5. The summed E-state index contributed by atoms with van der Waals surface area (Å²) < 4.78 is 11.7. The van der Waals surface area contributed by atoms with E-state index in [-0.39, 0.29) is 6.10 Å². The molecule has 0 radical (unpaired) electrons. The molecule has 3 rings (SSSR count). The van der Waals surface area contributed by atoms with E-state index in [2.05, 4.69) is 24.8 Å². The highest BCUT2D eigenvalue weighted by Gasteiger charge is 2.39. The number of hydrogen-bond donors (Lipinski definition) is 0. The number of benzene rings is 1. The summed E-state index contributed by atoms with van der Waals surface area (Å²) in [4.78, 5) is 16.3. The molecular weight excluding hydrogens is 340 g/mol. The minimum atomic E-state index is 0.167. The zero-order valence-corrected chi connectivity index (χ0v) is 17.3. The lowest BCUT2D eigenvalue weighted by atomic mass is 9.72. The molecule has 2 heterocycles. The van der Waals surface area contributed by atoms with Gasteiger partial charge < -0.3 is 14.4 Å². The maximum atomic E-state index is 11.8. The van der Waals surface area contributed by atoms with Crippen molar-refractivity contribution in [3.05, 3.63) is 23.8 Å². The quantitative estimate of drug-likeness (QED) is 0.761. The molecule has 2 aliphatic rings. The van der Waals surface area contributed by atoms with Crippen molar-refractivity contribution in [2.45, 2.75) is 58.6 Å². The second-order valence-electron chi connectivity index (χ2n) is 8.31. The van der Waals surface area contributed by atoms with Gasteiger partial charge in [-0.1, -0.05) is 19.1 Å². The van der Waals surface area contributed by atoms with Crippen molar-refractivity contribution in [3.63, 3.8) is 0 Å². The van der Waals surface area contributed by atoms with Gasteiger partial charge in [-0.3, -0.25) is 9.69 Å². The van der Waals surface area contributed by atoms with Crippen LogP contribution in [-0.4, -0.2) is 55.6 Å². The van der Waals surface area contributed by atoms with Crippen LogP contribution >= 0.6 is 0 Å². The van der Waals surface area contributed by atoms with E-state index in [1.54, 1.807) is 7.11 Å². The van der Waals surface area contributed by atoms with E-state index in [4.69, 9.17) is 9.47 Å². The van der Waals surface area contributed by atoms with Crippen LogP contribution in [0.2, 0.25) is 0 Å². The summed E-state index contributed by atoms with van der Waals surface area (Å²) in [5.74, 6) is 2.00. The predicted molar refractivity (Wildman–Crippen MR) is 107 cm³/mol. The van der Waals surface area contributed by atoms with Gasteiger partial charge in [0.15, 0.2) is 11.5 Å². The topological polar surface area (TPSA) is 42.0 Å². The minimum Gasteiger partial charge on any atom is -0.493 e. The minimum absolute atomic E-state index is 0.167. The molecule has 1 aromatic rings. The summed E-state index contributed by atoms with van der Waals surface area (Å²) in [5, 5.41) is 0. The van der Waals surface area contributed by atoms with E-state index < -0.39 is 0 Å². The molecule has 0 aromatic heterocycles. The molecule has 1 atom stereocenters. The molecule has 2 fully saturated rings. The first-order valence-corrected chi connectivity index (χ1v) is 10.3. The van der Waals surface area contributed by atoms with Gasteiger partial charge >= 0.3 is 0 Å². The number of carbonyl (C=O) groups excluding carboxylic acids is 1. The van der Waals surface area contributed by atoms with Crippen LogP contribution in [0, 0.1) is 5.41 Å². The molecular formula is C22H34N2O3. The second-order valence-corrected chi connectivity index (χ2v) is 8.31. The smallest absolute Gasteiger partial charge is 0.222 e. The summed E-state index contributed by atoms with van der Waals surface area (Å²) in [6, 6.07) is 6.17. The average Bonchev–Trinajstić information content (AvgIpc) is 2.68. The van der Waals surface area contributed by atoms with E-state index >= 15 is 0 Å². The van der Waals surface area contributed by atoms with Gasteiger partial charge in [0, 0.05) is 32.1 Å². The van der Waals surface area contributed by atoms with Crippen LogP contribution in [0.1, 0.15) is 51.5 Å². The van der Waals surface area contributed by atoms with Gasteiger partial charge in [-0.2, -0.15) is 0 Å². The number of rotatable bonds is 6. The molecule has 5 heteroatoms. The Kier molecular flexibility index (Phi) is 6.30. The maximum Gasteiger partial charge on any atom is 0.222 e. The maximum absolute atomic E-state index is 11.8. The third-order valence-electron chi connectivity index (χ3n) is 6.35. The highest BCUT2D eigenvalue weighted by molar-refractivity contribution is 5.76. The zero-order chi connectivity index (χ0) is 19.4. The third-order valence-corrected chi connectivity index (χ3v) is 6.35. The Labute approximate surface area is 163 Å². The Balaban J connectivity index is 1.66. The number of piperidine rings is 2. The van der Waals surface area contributed by atoms with Crippen molar-refractivity contribution in [1.82, 2.24) is 9.80 Å².